The number of aliphatic hydroxyl groups excluding tert-OH is 2. The van der Waals surface area contributed by atoms with Gasteiger partial charge >= 0.3 is 6.09 Å². The number of benzene rings is 1. The van der Waals surface area contributed by atoms with E-state index in [1.54, 1.807) is 49.8 Å². The quantitative estimate of drug-likeness (QED) is 0.417. The highest BCUT2D eigenvalue weighted by molar-refractivity contribution is 5.85. The highest BCUT2D eigenvalue weighted by atomic mass is 16.6. The molecule has 9 nitrogen and oxygen atoms in total. The van der Waals surface area contributed by atoms with Gasteiger partial charge in [0.05, 0.1) is 32.6 Å². The van der Waals surface area contributed by atoms with Crippen LogP contribution in [0.25, 0.3) is 0 Å². The number of hydrogen-bond donors (Lipinski definition) is 4. The van der Waals surface area contributed by atoms with E-state index in [9.17, 15) is 19.8 Å². The molecule has 2 saturated carbocycles. The fourth-order valence-electron chi connectivity index (χ4n) is 6.63. The molecule has 2 aromatic rings. The van der Waals surface area contributed by atoms with Crippen molar-refractivity contribution in [3.63, 3.8) is 0 Å². The smallest absolute Gasteiger partial charge is 0.411 e. The van der Waals surface area contributed by atoms with E-state index in [-0.39, 0.29) is 30.8 Å². The van der Waals surface area contributed by atoms with Crippen LogP contribution in [0, 0.1) is 22.7 Å². The van der Waals surface area contributed by atoms with E-state index in [0.717, 1.165) is 0 Å². The van der Waals surface area contributed by atoms with Gasteiger partial charge < -0.3 is 29.4 Å². The van der Waals surface area contributed by atoms with E-state index in [1.807, 2.05) is 6.92 Å². The molecule has 2 aliphatic rings. The first kappa shape index (κ1) is 27.0. The minimum absolute atomic E-state index is 0.0420. The number of methoxy groups -OCH3 is 1. The highest BCUT2D eigenvalue weighted by Crippen LogP contribution is 2.61. The molecule has 6 atom stereocenters. The standard InChI is InChI=1S/C28H38N2O7/c1-27-12-11-24(37-26(34)30-18-6-4-7-19(14-18)35-3)28(2,17-31)23(27)10-9-22(32)21(27)15-25(33)29-16-20-8-5-13-36-20/h4-8,13-14,21-24,31-32H,9-12,15-17H2,1-3H3,(H,29,33)(H,30,34)/t21-,22-,23+,24-,27+,28+/m1/s1. The molecular formula is C28H38N2O7. The van der Waals surface area contributed by atoms with Crippen molar-refractivity contribution in [2.24, 2.45) is 22.7 Å². The molecule has 2 amide bonds. The molecule has 0 unspecified atom stereocenters. The first-order valence-corrected chi connectivity index (χ1v) is 12.9. The number of hydrogen-bond acceptors (Lipinski definition) is 7. The molecule has 37 heavy (non-hydrogen) atoms. The Hall–Kier alpha value is -3.04. The molecule has 1 heterocycles. The number of furan rings is 1. The Morgan fingerprint density at radius 3 is 2.68 bits per heavy atom. The third-order valence-corrected chi connectivity index (χ3v) is 8.69. The van der Waals surface area contributed by atoms with Gasteiger partial charge in [0.25, 0.3) is 0 Å². The Balaban J connectivity index is 1.45. The van der Waals surface area contributed by atoms with Crippen LogP contribution < -0.4 is 15.4 Å². The number of carbonyl (C=O) groups is 2. The number of nitrogens with one attached hydrogen (secondary N) is 2. The second-order valence-electron chi connectivity index (χ2n) is 10.8. The summed E-state index contributed by atoms with van der Waals surface area (Å²) in [7, 11) is 1.56. The van der Waals surface area contributed by atoms with E-state index in [1.165, 1.54) is 0 Å². The van der Waals surface area contributed by atoms with Gasteiger partial charge in [-0.1, -0.05) is 19.9 Å². The molecule has 0 aliphatic heterocycles. The Kier molecular flexibility index (Phi) is 8.14. The normalized spacial score (nSPS) is 31.2. The van der Waals surface area contributed by atoms with Crippen molar-refractivity contribution in [2.75, 3.05) is 19.0 Å². The summed E-state index contributed by atoms with van der Waals surface area (Å²) in [4.78, 5) is 25.6. The largest absolute Gasteiger partial charge is 0.497 e. The topological polar surface area (TPSA) is 130 Å². The van der Waals surface area contributed by atoms with Crippen LogP contribution in [0.2, 0.25) is 0 Å². The van der Waals surface area contributed by atoms with Crippen LogP contribution in [0.5, 0.6) is 5.75 Å². The van der Waals surface area contributed by atoms with Crippen LogP contribution in [0.15, 0.2) is 47.1 Å². The monoisotopic (exact) mass is 514 g/mol. The van der Waals surface area contributed by atoms with Crippen molar-refractivity contribution < 1.29 is 33.7 Å². The van der Waals surface area contributed by atoms with Gasteiger partial charge in [-0.15, -0.1) is 0 Å². The third kappa shape index (κ3) is 5.62. The Morgan fingerprint density at radius 1 is 1.16 bits per heavy atom. The molecule has 0 bridgehead atoms. The maximum Gasteiger partial charge on any atom is 0.411 e. The number of aliphatic hydroxyl groups is 2. The van der Waals surface area contributed by atoms with Gasteiger partial charge in [0.1, 0.15) is 17.6 Å². The average molecular weight is 515 g/mol. The predicted octanol–water partition coefficient (Wildman–Crippen LogP) is 4.10. The Bertz CT molecular complexity index is 1070. The number of amides is 2. The molecular weight excluding hydrogens is 476 g/mol. The lowest BCUT2D eigenvalue weighted by Gasteiger charge is -2.60. The number of anilines is 1. The summed E-state index contributed by atoms with van der Waals surface area (Å²) in [6.45, 7) is 4.18. The highest BCUT2D eigenvalue weighted by Gasteiger charge is 2.60. The molecule has 0 spiro atoms. The van der Waals surface area contributed by atoms with Crippen LogP contribution >= 0.6 is 0 Å². The van der Waals surface area contributed by atoms with Gasteiger partial charge in [0.15, 0.2) is 0 Å². The minimum Gasteiger partial charge on any atom is -0.497 e. The molecule has 0 saturated heterocycles. The van der Waals surface area contributed by atoms with Crippen molar-refractivity contribution in [2.45, 2.75) is 64.7 Å². The van der Waals surface area contributed by atoms with Gasteiger partial charge in [-0.25, -0.2) is 4.79 Å². The number of rotatable bonds is 8. The lowest BCUT2D eigenvalue weighted by atomic mass is 9.46. The van der Waals surface area contributed by atoms with E-state index in [0.29, 0.717) is 49.4 Å². The summed E-state index contributed by atoms with van der Waals surface area (Å²) in [6.07, 6.45) is 2.41. The molecule has 4 rings (SSSR count). The SMILES string of the molecule is COc1cccc(NC(=O)O[C@@H]2CC[C@]3(C)[C@H](CC[C@@H](O)[C@H]3CC(=O)NCc3ccco3)[C@]2(C)CO)c1. The number of ether oxygens (including phenoxy) is 2. The van der Waals surface area contributed by atoms with E-state index in [4.69, 9.17) is 13.9 Å². The van der Waals surface area contributed by atoms with Gasteiger partial charge in [0, 0.05) is 23.6 Å². The lowest BCUT2D eigenvalue weighted by Crippen LogP contribution is -2.61. The number of carbonyl (C=O) groups excluding carboxylic acids is 2. The zero-order valence-electron chi connectivity index (χ0n) is 21.7. The second-order valence-corrected chi connectivity index (χ2v) is 10.8. The zero-order valence-corrected chi connectivity index (χ0v) is 21.7. The van der Waals surface area contributed by atoms with E-state index >= 15 is 0 Å². The van der Waals surface area contributed by atoms with Crippen LogP contribution in [-0.4, -0.2) is 48.1 Å². The Morgan fingerprint density at radius 2 is 1.97 bits per heavy atom. The zero-order chi connectivity index (χ0) is 26.6. The fourth-order valence-corrected chi connectivity index (χ4v) is 6.63. The van der Waals surface area contributed by atoms with Crippen LogP contribution in [0.1, 0.15) is 51.7 Å². The van der Waals surface area contributed by atoms with Crippen molar-refractivity contribution in [1.82, 2.24) is 5.32 Å². The van der Waals surface area contributed by atoms with E-state index < -0.39 is 29.1 Å². The van der Waals surface area contributed by atoms with Crippen molar-refractivity contribution in [1.29, 1.82) is 0 Å². The molecule has 9 heteroatoms. The molecule has 1 aromatic heterocycles. The summed E-state index contributed by atoms with van der Waals surface area (Å²) in [5.41, 5.74) is -0.570. The first-order valence-electron chi connectivity index (χ1n) is 12.9. The lowest BCUT2D eigenvalue weighted by molar-refractivity contribution is -0.185. The Labute approximate surface area is 217 Å². The number of fused-ring (bicyclic) bond motifs is 1. The van der Waals surface area contributed by atoms with Gasteiger partial charge in [-0.2, -0.15) is 0 Å². The van der Waals surface area contributed by atoms with Crippen LogP contribution in [-0.2, 0) is 16.1 Å². The summed E-state index contributed by atoms with van der Waals surface area (Å²) in [5, 5.41) is 27.2. The van der Waals surface area contributed by atoms with Crippen LogP contribution in [0.4, 0.5) is 10.5 Å². The van der Waals surface area contributed by atoms with Crippen molar-refractivity contribution in [3.8, 4) is 5.75 Å². The molecule has 1 aromatic carbocycles. The molecule has 4 N–H and O–H groups in total. The maximum atomic E-state index is 12.8. The average Bonchev–Trinajstić information content (AvgIpc) is 3.41. The summed E-state index contributed by atoms with van der Waals surface area (Å²) in [6, 6.07) is 10.6. The molecule has 202 valence electrons. The van der Waals surface area contributed by atoms with Crippen molar-refractivity contribution in [3.05, 3.63) is 48.4 Å². The maximum absolute atomic E-state index is 12.8. The molecule has 2 fully saturated rings. The third-order valence-electron chi connectivity index (χ3n) is 8.69. The van der Waals surface area contributed by atoms with Gasteiger partial charge in [0.2, 0.25) is 5.91 Å². The summed E-state index contributed by atoms with van der Waals surface area (Å²) < 4.78 is 16.4. The van der Waals surface area contributed by atoms with Crippen molar-refractivity contribution >= 4 is 17.7 Å². The second kappa shape index (κ2) is 11.1. The van der Waals surface area contributed by atoms with Crippen LogP contribution in [0.3, 0.4) is 0 Å². The van der Waals surface area contributed by atoms with Gasteiger partial charge in [-0.3, -0.25) is 10.1 Å². The molecule has 0 radical (unpaired) electrons. The first-order chi connectivity index (χ1) is 17.7. The minimum atomic E-state index is -0.720. The fraction of sp³-hybridized carbons (Fsp3) is 0.571. The summed E-state index contributed by atoms with van der Waals surface area (Å²) >= 11 is 0. The summed E-state index contributed by atoms with van der Waals surface area (Å²) in [5.74, 6) is 0.815. The molecule has 2 aliphatic carbocycles. The van der Waals surface area contributed by atoms with Gasteiger partial charge in [-0.05, 0) is 67.2 Å². The van der Waals surface area contributed by atoms with E-state index in [2.05, 4.69) is 17.6 Å². The predicted molar refractivity (Wildman–Crippen MR) is 137 cm³/mol.